The average Bonchev–Trinajstić information content (AvgIpc) is 2.69. The number of nitrogens with zero attached hydrogens (tertiary/aromatic N) is 1. The van der Waals surface area contributed by atoms with Crippen LogP contribution in [0.25, 0.3) is 0 Å². The first-order chi connectivity index (χ1) is 12.6. The molecule has 26 heavy (non-hydrogen) atoms. The van der Waals surface area contributed by atoms with Crippen LogP contribution in [0.15, 0.2) is 65.6 Å². The van der Waals surface area contributed by atoms with Crippen molar-refractivity contribution in [3.63, 3.8) is 0 Å². The average molecular weight is 372 g/mol. The van der Waals surface area contributed by atoms with Gasteiger partial charge in [-0.25, -0.2) is 0 Å². The fourth-order valence-electron chi connectivity index (χ4n) is 2.95. The van der Waals surface area contributed by atoms with Gasteiger partial charge in [-0.1, -0.05) is 56.2 Å². The quantitative estimate of drug-likeness (QED) is 0.598. The van der Waals surface area contributed by atoms with E-state index in [4.69, 9.17) is 0 Å². The number of benzene rings is 2. The third-order valence-electron chi connectivity index (χ3n) is 4.55. The van der Waals surface area contributed by atoms with Crippen LogP contribution in [-0.4, -0.2) is 29.9 Å². The molecule has 0 spiro atoms. The molecule has 0 saturated carbocycles. The minimum Gasteiger partial charge on any atom is -0.392 e. The van der Waals surface area contributed by atoms with E-state index in [1.54, 1.807) is 23.7 Å². The van der Waals surface area contributed by atoms with Crippen LogP contribution >= 0.6 is 11.8 Å². The Balaban J connectivity index is 1.96. The molecule has 2 aromatic carbocycles. The van der Waals surface area contributed by atoms with E-state index in [9.17, 15) is 9.90 Å². The van der Waals surface area contributed by atoms with Gasteiger partial charge in [0.2, 0.25) is 5.91 Å². The Morgan fingerprint density at radius 2 is 1.65 bits per heavy atom. The van der Waals surface area contributed by atoms with Crippen LogP contribution in [0.1, 0.15) is 32.6 Å². The zero-order valence-corrected chi connectivity index (χ0v) is 16.5. The van der Waals surface area contributed by atoms with Crippen molar-refractivity contribution in [1.82, 2.24) is 0 Å². The molecule has 0 fully saturated rings. The fourth-order valence-corrected chi connectivity index (χ4v) is 3.89. The molecule has 2 atom stereocenters. The summed E-state index contributed by atoms with van der Waals surface area (Å²) in [6.45, 7) is 2.11. The Morgan fingerprint density at radius 3 is 2.27 bits per heavy atom. The van der Waals surface area contributed by atoms with Gasteiger partial charge in [0, 0.05) is 23.4 Å². The predicted molar refractivity (Wildman–Crippen MR) is 111 cm³/mol. The minimum atomic E-state index is -0.614. The van der Waals surface area contributed by atoms with E-state index < -0.39 is 6.10 Å². The molecule has 2 unspecified atom stereocenters. The number of aliphatic hydroxyl groups excluding tert-OH is 1. The highest BCUT2D eigenvalue weighted by molar-refractivity contribution is 7.99. The number of rotatable bonds is 10. The number of carbonyl (C=O) groups is 1. The van der Waals surface area contributed by atoms with Crippen molar-refractivity contribution in [2.45, 2.75) is 43.6 Å². The van der Waals surface area contributed by atoms with Gasteiger partial charge in [-0.05, 0) is 37.1 Å². The van der Waals surface area contributed by atoms with Crippen molar-refractivity contribution in [3.8, 4) is 0 Å². The topological polar surface area (TPSA) is 40.5 Å². The second-order valence-corrected chi connectivity index (χ2v) is 7.67. The molecule has 4 heteroatoms. The highest BCUT2D eigenvalue weighted by Crippen LogP contribution is 2.25. The summed E-state index contributed by atoms with van der Waals surface area (Å²) < 4.78 is 0. The zero-order chi connectivity index (χ0) is 18.8. The van der Waals surface area contributed by atoms with Crippen LogP contribution in [-0.2, 0) is 4.79 Å². The maximum absolute atomic E-state index is 13.0. The lowest BCUT2D eigenvalue weighted by Gasteiger charge is -2.27. The van der Waals surface area contributed by atoms with Gasteiger partial charge in [0.1, 0.15) is 0 Å². The number of aliphatic hydroxyl groups is 1. The van der Waals surface area contributed by atoms with Crippen LogP contribution in [0.3, 0.4) is 0 Å². The highest BCUT2D eigenvalue weighted by atomic mass is 32.2. The molecule has 0 aliphatic rings. The van der Waals surface area contributed by atoms with E-state index in [1.807, 2.05) is 48.5 Å². The van der Waals surface area contributed by atoms with Crippen LogP contribution in [0, 0.1) is 5.92 Å². The number of anilines is 1. The summed E-state index contributed by atoms with van der Waals surface area (Å²) in [7, 11) is 1.79. The predicted octanol–water partition coefficient (Wildman–Crippen LogP) is 5.00. The van der Waals surface area contributed by atoms with E-state index in [2.05, 4.69) is 19.1 Å². The molecular weight excluding hydrogens is 342 g/mol. The second kappa shape index (κ2) is 11.0. The summed E-state index contributed by atoms with van der Waals surface area (Å²) in [5, 5.41) is 10.7. The zero-order valence-electron chi connectivity index (χ0n) is 15.7. The van der Waals surface area contributed by atoms with E-state index in [0.29, 0.717) is 6.42 Å². The van der Waals surface area contributed by atoms with Crippen molar-refractivity contribution in [1.29, 1.82) is 0 Å². The standard InChI is InChI=1S/C22H29NO2S/c1-3-4-15-20(22(25)23(2)18-11-7-5-8-12-18)21(24)16-17-26-19-13-9-6-10-14-19/h5-14,20-21,24H,3-4,15-17H2,1-2H3. The number of hydrogen-bond donors (Lipinski definition) is 1. The number of para-hydroxylation sites is 1. The van der Waals surface area contributed by atoms with Gasteiger partial charge in [-0.3, -0.25) is 4.79 Å². The lowest BCUT2D eigenvalue weighted by atomic mass is 9.92. The SMILES string of the molecule is CCCCC(C(=O)N(C)c1ccccc1)C(O)CCSc1ccccc1. The summed E-state index contributed by atoms with van der Waals surface area (Å²) in [5.41, 5.74) is 0.866. The lowest BCUT2D eigenvalue weighted by Crippen LogP contribution is -2.39. The monoisotopic (exact) mass is 371 g/mol. The third kappa shape index (κ3) is 6.19. The second-order valence-electron chi connectivity index (χ2n) is 6.50. The van der Waals surface area contributed by atoms with Gasteiger partial charge >= 0.3 is 0 Å². The first kappa shape index (κ1) is 20.5. The van der Waals surface area contributed by atoms with Crippen LogP contribution in [0.2, 0.25) is 0 Å². The van der Waals surface area contributed by atoms with E-state index >= 15 is 0 Å². The van der Waals surface area contributed by atoms with E-state index in [1.165, 1.54) is 4.90 Å². The van der Waals surface area contributed by atoms with Crippen molar-refractivity contribution in [2.24, 2.45) is 5.92 Å². The number of hydrogen-bond acceptors (Lipinski definition) is 3. The van der Waals surface area contributed by atoms with Crippen LogP contribution < -0.4 is 4.90 Å². The molecule has 2 rings (SSSR count). The lowest BCUT2D eigenvalue weighted by molar-refractivity contribution is -0.126. The van der Waals surface area contributed by atoms with Crippen LogP contribution in [0.5, 0.6) is 0 Å². The molecule has 3 nitrogen and oxygen atoms in total. The molecule has 0 heterocycles. The Kier molecular flexibility index (Phi) is 8.72. The number of thioether (sulfide) groups is 1. The molecule has 2 aromatic rings. The molecule has 1 amide bonds. The Bertz CT molecular complexity index is 648. The minimum absolute atomic E-state index is 0.00172. The van der Waals surface area contributed by atoms with Crippen molar-refractivity contribution >= 4 is 23.4 Å². The number of amides is 1. The largest absolute Gasteiger partial charge is 0.392 e. The third-order valence-corrected chi connectivity index (χ3v) is 5.60. The normalized spacial score (nSPS) is 13.2. The van der Waals surface area contributed by atoms with Crippen LogP contribution in [0.4, 0.5) is 5.69 Å². The molecule has 0 aliphatic heterocycles. The summed E-state index contributed by atoms with van der Waals surface area (Å²) in [6.07, 6.45) is 2.69. The molecule has 140 valence electrons. The number of unbranched alkanes of at least 4 members (excludes halogenated alkanes) is 1. The van der Waals surface area contributed by atoms with E-state index in [0.717, 1.165) is 30.7 Å². The van der Waals surface area contributed by atoms with Crippen molar-refractivity contribution < 1.29 is 9.90 Å². The molecule has 0 bridgehead atoms. The van der Waals surface area contributed by atoms with Gasteiger partial charge < -0.3 is 10.0 Å². The highest BCUT2D eigenvalue weighted by Gasteiger charge is 2.29. The van der Waals surface area contributed by atoms with Gasteiger partial charge in [0.15, 0.2) is 0 Å². The first-order valence-corrected chi connectivity index (χ1v) is 10.3. The summed E-state index contributed by atoms with van der Waals surface area (Å²) in [4.78, 5) is 15.8. The summed E-state index contributed by atoms with van der Waals surface area (Å²) >= 11 is 1.72. The molecule has 1 N–H and O–H groups in total. The maximum atomic E-state index is 13.0. The van der Waals surface area contributed by atoms with E-state index in [-0.39, 0.29) is 11.8 Å². The summed E-state index contributed by atoms with van der Waals surface area (Å²) in [6, 6.07) is 19.8. The Labute approximate surface area is 161 Å². The van der Waals surface area contributed by atoms with Gasteiger partial charge in [-0.15, -0.1) is 11.8 Å². The van der Waals surface area contributed by atoms with Gasteiger partial charge in [0.05, 0.1) is 12.0 Å². The Hall–Kier alpha value is -1.78. The molecular formula is C22H29NO2S. The Morgan fingerprint density at radius 1 is 1.04 bits per heavy atom. The fraction of sp³-hybridized carbons (Fsp3) is 0.409. The summed E-state index contributed by atoms with van der Waals surface area (Å²) in [5.74, 6) is 0.453. The number of carbonyl (C=O) groups excluding carboxylic acids is 1. The smallest absolute Gasteiger partial charge is 0.232 e. The van der Waals surface area contributed by atoms with Gasteiger partial charge in [-0.2, -0.15) is 0 Å². The maximum Gasteiger partial charge on any atom is 0.232 e. The molecule has 0 radical (unpaired) electrons. The van der Waals surface area contributed by atoms with Crippen molar-refractivity contribution in [3.05, 3.63) is 60.7 Å². The molecule has 0 saturated heterocycles. The van der Waals surface area contributed by atoms with Gasteiger partial charge in [0.25, 0.3) is 0 Å². The first-order valence-electron chi connectivity index (χ1n) is 9.32. The molecule has 0 aliphatic carbocycles. The molecule has 0 aromatic heterocycles. The van der Waals surface area contributed by atoms with Crippen molar-refractivity contribution in [2.75, 3.05) is 17.7 Å².